The summed E-state index contributed by atoms with van der Waals surface area (Å²) in [6, 6.07) is 8.35. The number of carbonyl (C=O) groups excluding carboxylic acids is 1. The molecule has 1 heterocycles. The fourth-order valence-corrected chi connectivity index (χ4v) is 2.36. The zero-order chi connectivity index (χ0) is 16.2. The number of amides is 1. The highest BCUT2D eigenvalue weighted by Crippen LogP contribution is 2.24. The number of hydrogen-bond acceptors (Lipinski definition) is 3. The van der Waals surface area contributed by atoms with Crippen molar-refractivity contribution in [1.82, 2.24) is 10.2 Å². The lowest BCUT2D eigenvalue weighted by Crippen LogP contribution is -2.40. The number of allylic oxidation sites excluding steroid dienone is 1. The number of carbonyl (C=O) groups is 1. The van der Waals surface area contributed by atoms with Crippen LogP contribution in [-0.4, -0.2) is 43.4 Å². The van der Waals surface area contributed by atoms with E-state index in [1.54, 1.807) is 37.3 Å². The molecule has 7 heteroatoms. The van der Waals surface area contributed by atoms with Crippen LogP contribution in [0.25, 0.3) is 5.57 Å². The molecule has 1 aliphatic heterocycles. The second-order valence-corrected chi connectivity index (χ2v) is 4.88. The Morgan fingerprint density at radius 3 is 2.32 bits per heavy atom. The molecule has 1 fully saturated rings. The van der Waals surface area contributed by atoms with Crippen LogP contribution >= 0.6 is 0 Å². The van der Waals surface area contributed by atoms with E-state index in [9.17, 15) is 18.0 Å². The molecule has 1 amide bonds. The van der Waals surface area contributed by atoms with Crippen LogP contribution in [0.15, 0.2) is 36.0 Å². The lowest BCUT2D eigenvalue weighted by atomic mass is 10.0. The van der Waals surface area contributed by atoms with Crippen molar-refractivity contribution in [2.24, 2.45) is 0 Å². The van der Waals surface area contributed by atoms with Crippen LogP contribution in [0, 0.1) is 0 Å². The Morgan fingerprint density at radius 1 is 1.18 bits per heavy atom. The van der Waals surface area contributed by atoms with Crippen molar-refractivity contribution < 1.29 is 22.7 Å². The minimum absolute atomic E-state index is 0.0276. The Labute approximate surface area is 126 Å². The van der Waals surface area contributed by atoms with Crippen LogP contribution in [0.5, 0.6) is 0 Å². The van der Waals surface area contributed by atoms with Gasteiger partial charge in [0.05, 0.1) is 18.8 Å². The van der Waals surface area contributed by atoms with Gasteiger partial charge in [0.25, 0.3) is 5.91 Å². The van der Waals surface area contributed by atoms with Crippen LogP contribution in [0.3, 0.4) is 0 Å². The van der Waals surface area contributed by atoms with E-state index in [1.807, 2.05) is 4.90 Å². The molecule has 0 saturated carbocycles. The quantitative estimate of drug-likeness (QED) is 0.688. The summed E-state index contributed by atoms with van der Waals surface area (Å²) in [6.45, 7) is 3.72. The largest absolute Gasteiger partial charge is 0.484 e. The summed E-state index contributed by atoms with van der Waals surface area (Å²) in [5.41, 5.74) is 0.990. The van der Waals surface area contributed by atoms with Gasteiger partial charge in [-0.3, -0.25) is 10.1 Å². The second kappa shape index (κ2) is 6.83. The Morgan fingerprint density at radius 2 is 1.77 bits per heavy atom. The molecule has 4 nitrogen and oxygen atoms in total. The van der Waals surface area contributed by atoms with Gasteiger partial charge in [-0.2, -0.15) is 13.2 Å². The number of halogens is 3. The van der Waals surface area contributed by atoms with Crippen molar-refractivity contribution in [3.05, 3.63) is 41.6 Å². The molecule has 0 aliphatic carbocycles. The topological polar surface area (TPSA) is 41.6 Å². The molecule has 1 saturated heterocycles. The van der Waals surface area contributed by atoms with E-state index >= 15 is 0 Å². The fourth-order valence-electron chi connectivity index (χ4n) is 2.36. The van der Waals surface area contributed by atoms with Crippen LogP contribution in [0.2, 0.25) is 0 Å². The van der Waals surface area contributed by atoms with E-state index in [4.69, 9.17) is 4.74 Å². The van der Waals surface area contributed by atoms with Crippen molar-refractivity contribution in [2.45, 2.75) is 13.2 Å². The van der Waals surface area contributed by atoms with Gasteiger partial charge in [-0.1, -0.05) is 30.3 Å². The predicted octanol–water partition coefficient (Wildman–Crippen LogP) is 2.39. The van der Waals surface area contributed by atoms with E-state index in [0.29, 0.717) is 37.6 Å². The smallest absolute Gasteiger partial charge is 0.378 e. The molecule has 22 heavy (non-hydrogen) atoms. The van der Waals surface area contributed by atoms with Crippen molar-refractivity contribution in [2.75, 3.05) is 26.3 Å². The van der Waals surface area contributed by atoms with Gasteiger partial charge in [0.1, 0.15) is 0 Å². The molecule has 1 N–H and O–H groups in total. The number of rotatable bonds is 3. The van der Waals surface area contributed by atoms with Gasteiger partial charge in [0.15, 0.2) is 0 Å². The summed E-state index contributed by atoms with van der Waals surface area (Å²) >= 11 is 0. The Bertz CT molecular complexity index is 550. The van der Waals surface area contributed by atoms with E-state index in [1.165, 1.54) is 0 Å². The zero-order valence-corrected chi connectivity index (χ0v) is 12.1. The van der Waals surface area contributed by atoms with Gasteiger partial charge >= 0.3 is 6.30 Å². The number of ether oxygens (including phenoxy) is 1. The highest BCUT2D eigenvalue weighted by Gasteiger charge is 2.33. The molecule has 0 atom stereocenters. The van der Waals surface area contributed by atoms with Crippen LogP contribution < -0.4 is 5.32 Å². The summed E-state index contributed by atoms with van der Waals surface area (Å²) in [4.78, 5) is 14.0. The van der Waals surface area contributed by atoms with Crippen LogP contribution in [0.4, 0.5) is 13.2 Å². The molecule has 1 aromatic carbocycles. The highest BCUT2D eigenvalue weighted by atomic mass is 19.4. The molecule has 2 rings (SSSR count). The van der Waals surface area contributed by atoms with Crippen LogP contribution in [-0.2, 0) is 9.53 Å². The lowest BCUT2D eigenvalue weighted by molar-refractivity contribution is -0.166. The third-order valence-corrected chi connectivity index (χ3v) is 3.39. The molecule has 0 radical (unpaired) electrons. The van der Waals surface area contributed by atoms with Gasteiger partial charge in [0.2, 0.25) is 0 Å². The van der Waals surface area contributed by atoms with E-state index in [-0.39, 0.29) is 5.57 Å². The molecule has 0 bridgehead atoms. The summed E-state index contributed by atoms with van der Waals surface area (Å²) in [7, 11) is 0. The van der Waals surface area contributed by atoms with Gasteiger partial charge in [-0.05, 0) is 12.5 Å². The number of nitrogens with one attached hydrogen (secondary N) is 1. The first kappa shape index (κ1) is 16.4. The van der Waals surface area contributed by atoms with Gasteiger partial charge in [0, 0.05) is 18.8 Å². The Balaban J connectivity index is 2.38. The third-order valence-electron chi connectivity index (χ3n) is 3.39. The maximum absolute atomic E-state index is 12.5. The molecule has 120 valence electrons. The van der Waals surface area contributed by atoms with Crippen molar-refractivity contribution >= 4 is 11.5 Å². The first-order valence-electron chi connectivity index (χ1n) is 6.87. The summed E-state index contributed by atoms with van der Waals surface area (Å²) < 4.78 is 42.7. The average Bonchev–Trinajstić information content (AvgIpc) is 2.47. The number of alkyl halides is 3. The number of morpholine rings is 1. The maximum atomic E-state index is 12.5. The number of benzene rings is 1. The molecular weight excluding hydrogens is 297 g/mol. The maximum Gasteiger partial charge on any atom is 0.484 e. The van der Waals surface area contributed by atoms with Crippen LogP contribution in [0.1, 0.15) is 12.5 Å². The fraction of sp³-hybridized carbons (Fsp3) is 0.400. The standard InChI is InChI=1S/C15H17F3N2O2/c1-11(20-7-9-22-10-8-20)13(12-5-3-2-4-6-12)14(21)19-15(16,17)18/h2-6H,7-10H2,1H3,(H,19,21)/b13-11-. The summed E-state index contributed by atoms with van der Waals surface area (Å²) in [5.74, 6) is -1.15. The predicted molar refractivity (Wildman–Crippen MR) is 75.6 cm³/mol. The van der Waals surface area contributed by atoms with Gasteiger partial charge in [-0.15, -0.1) is 0 Å². The first-order chi connectivity index (χ1) is 10.4. The zero-order valence-electron chi connectivity index (χ0n) is 12.1. The molecule has 1 aromatic rings. The SMILES string of the molecule is C/C(=C(/C(=O)NC(F)(F)F)c1ccccc1)N1CCOCC1. The summed E-state index contributed by atoms with van der Waals surface area (Å²) in [5, 5.41) is 1.08. The second-order valence-electron chi connectivity index (χ2n) is 4.88. The van der Waals surface area contributed by atoms with E-state index in [2.05, 4.69) is 0 Å². The third kappa shape index (κ3) is 4.24. The number of hydrogen-bond donors (Lipinski definition) is 1. The highest BCUT2D eigenvalue weighted by molar-refractivity contribution is 6.20. The Hall–Kier alpha value is -2.02. The average molecular weight is 314 g/mol. The Kier molecular flexibility index (Phi) is 5.07. The van der Waals surface area contributed by atoms with Crippen molar-refractivity contribution in [3.63, 3.8) is 0 Å². The molecule has 1 aliphatic rings. The summed E-state index contributed by atoms with van der Waals surface area (Å²) in [6.07, 6.45) is -4.76. The van der Waals surface area contributed by atoms with E-state index in [0.717, 1.165) is 5.32 Å². The molecule has 0 spiro atoms. The van der Waals surface area contributed by atoms with Crippen molar-refractivity contribution in [3.8, 4) is 0 Å². The lowest BCUT2D eigenvalue weighted by Gasteiger charge is -2.31. The molecule has 0 unspecified atom stereocenters. The van der Waals surface area contributed by atoms with Crippen molar-refractivity contribution in [1.29, 1.82) is 0 Å². The molecular formula is C15H17F3N2O2. The number of nitrogens with zero attached hydrogens (tertiary/aromatic N) is 1. The minimum Gasteiger partial charge on any atom is -0.378 e. The molecule has 0 aromatic heterocycles. The normalized spacial score (nSPS) is 17.0. The van der Waals surface area contributed by atoms with Gasteiger partial charge < -0.3 is 9.64 Å². The monoisotopic (exact) mass is 314 g/mol. The van der Waals surface area contributed by atoms with E-state index < -0.39 is 12.2 Å². The first-order valence-corrected chi connectivity index (χ1v) is 6.87. The minimum atomic E-state index is -4.76. The van der Waals surface area contributed by atoms with Gasteiger partial charge in [-0.25, -0.2) is 0 Å².